The van der Waals surface area contributed by atoms with Crippen molar-refractivity contribution in [3.63, 3.8) is 0 Å². The van der Waals surface area contributed by atoms with Crippen molar-refractivity contribution in [3.8, 4) is 0 Å². The lowest BCUT2D eigenvalue weighted by molar-refractivity contribution is -0.148. The number of thiocarbonyl (C=S) groups is 1. The van der Waals surface area contributed by atoms with E-state index in [1.165, 1.54) is 6.92 Å². The number of hydrogen-bond acceptors (Lipinski definition) is 18. The highest BCUT2D eigenvalue weighted by molar-refractivity contribution is 7.80. The number of carbonyl (C=O) groups is 10. The van der Waals surface area contributed by atoms with Crippen molar-refractivity contribution in [2.45, 2.75) is 145 Å². The average molecular weight is 1180 g/mol. The second-order valence-corrected chi connectivity index (χ2v) is 20.9. The fourth-order valence-electron chi connectivity index (χ4n) is 8.50. The van der Waals surface area contributed by atoms with Crippen LogP contribution in [0.15, 0.2) is 60.7 Å². The smallest absolute Gasteiger partial charge is 0.272 e. The molecule has 3 rings (SSSR count). The van der Waals surface area contributed by atoms with Gasteiger partial charge in [0.25, 0.3) is 5.91 Å². The molecule has 0 aliphatic carbocycles. The van der Waals surface area contributed by atoms with Gasteiger partial charge in [-0.2, -0.15) is 0 Å². The molecule has 10 amide bonds. The number of aliphatic hydroxyl groups is 2. The molecule has 0 unspecified atom stereocenters. The molecule has 0 bridgehead atoms. The highest BCUT2D eigenvalue weighted by Gasteiger charge is 2.39. The summed E-state index contributed by atoms with van der Waals surface area (Å²) in [5.74, 6) is -9.89. The summed E-state index contributed by atoms with van der Waals surface area (Å²) in [6, 6.07) is 4.25. The van der Waals surface area contributed by atoms with E-state index in [0.717, 1.165) is 6.92 Å². The predicted molar refractivity (Wildman–Crippen MR) is 311 cm³/mol. The van der Waals surface area contributed by atoms with E-state index in [1.807, 2.05) is 0 Å². The Kier molecular flexibility index (Phi) is 29.9. The molecule has 0 radical (unpaired) electrons. The maximum atomic E-state index is 14.5. The molecule has 1 fully saturated rings. The summed E-state index contributed by atoms with van der Waals surface area (Å²) < 4.78 is 0. The number of carbonyl (C=O) groups excluding carboxylic acids is 10. The van der Waals surface area contributed by atoms with Crippen LogP contribution < -0.4 is 92.5 Å². The van der Waals surface area contributed by atoms with E-state index < -0.39 is 138 Å². The molecule has 0 spiro atoms. The van der Waals surface area contributed by atoms with Crippen LogP contribution in [-0.2, 0) is 54.4 Å². The van der Waals surface area contributed by atoms with E-state index in [2.05, 4.69) is 63.8 Å². The monoisotopic (exact) mass is 1180 g/mol. The van der Waals surface area contributed by atoms with E-state index in [9.17, 15) is 58.2 Å². The molecule has 0 saturated carbocycles. The highest BCUT2D eigenvalue weighted by Crippen LogP contribution is 2.12. The summed E-state index contributed by atoms with van der Waals surface area (Å²) in [5.41, 5.74) is 27.8. The number of amides is 10. The molecule has 1 aliphatic rings. The van der Waals surface area contributed by atoms with Gasteiger partial charge in [-0.15, -0.1) is 0 Å². The van der Waals surface area contributed by atoms with Gasteiger partial charge >= 0.3 is 0 Å². The van der Waals surface area contributed by atoms with Crippen LogP contribution in [-0.4, -0.2) is 180 Å². The van der Waals surface area contributed by atoms with Crippen LogP contribution in [0.3, 0.4) is 0 Å². The zero-order valence-electron chi connectivity index (χ0n) is 47.3. The normalized spacial score (nSPS) is 23.2. The van der Waals surface area contributed by atoms with Gasteiger partial charge in [-0.1, -0.05) is 62.4 Å². The molecular weight excluding hydrogens is 1100 g/mol. The van der Waals surface area contributed by atoms with Crippen LogP contribution in [0, 0.1) is 5.92 Å². The minimum absolute atomic E-state index is 0.00848. The van der Waals surface area contributed by atoms with Crippen molar-refractivity contribution in [2.75, 3.05) is 44.6 Å². The van der Waals surface area contributed by atoms with E-state index in [0.29, 0.717) is 11.3 Å². The zero-order valence-corrected chi connectivity index (χ0v) is 48.1. The van der Waals surface area contributed by atoms with Gasteiger partial charge in [-0.25, -0.2) is 0 Å². The lowest BCUT2D eigenvalue weighted by atomic mass is 10.00. The summed E-state index contributed by atoms with van der Waals surface area (Å²) in [7, 11) is 0. The standard InChI is InChI=1S/C53H85N17O12S/c1-29(2)27-39-47(77)62-33(15-21-54)42(72)63-37(19-25-58)49(79)70-53(4,82)51(81)59-26-20-38(45(75)61-34(16-22-55)44(74)67-40(48(78)66-39)28-31-11-7-5-8-12-31)64-43(73)35(17-23-56)65-50(80)41(30(3)71)69-46(76)36(18-24-57)68-52(83)60-32-13-9-6-10-14-32/h5-14,29-30,33-41,71,82H,15-28,54-58H2,1-4H3,(H,59,81)(H,61,75)(H,62,77)(H,63,72)(H,64,73)(H,65,80)(H,66,78)(H,67,74)(H,69,76)(H,70,79)(H2,60,68,83)/t30-,33+,34+,35+,36+,37+,38+,39+,40-,41+,53+/m1/s1. The first-order valence-corrected chi connectivity index (χ1v) is 27.9. The first kappa shape index (κ1) is 69.8. The molecule has 2 aromatic rings. The van der Waals surface area contributed by atoms with Crippen LogP contribution in [0.2, 0.25) is 0 Å². The minimum Gasteiger partial charge on any atom is -0.391 e. The summed E-state index contributed by atoms with van der Waals surface area (Å²) in [4.78, 5) is 140. The molecule has 1 saturated heterocycles. The van der Waals surface area contributed by atoms with E-state index >= 15 is 0 Å². The van der Waals surface area contributed by atoms with Crippen LogP contribution in [0.5, 0.6) is 0 Å². The van der Waals surface area contributed by atoms with Crippen LogP contribution in [0.1, 0.15) is 78.2 Å². The van der Waals surface area contributed by atoms with Gasteiger partial charge in [0.05, 0.1) is 6.10 Å². The van der Waals surface area contributed by atoms with E-state index in [1.54, 1.807) is 74.5 Å². The number of benzene rings is 2. The third kappa shape index (κ3) is 23.7. The van der Waals surface area contributed by atoms with Crippen molar-refractivity contribution in [1.29, 1.82) is 0 Å². The summed E-state index contributed by atoms with van der Waals surface area (Å²) in [6.07, 6.45) is -2.95. The van der Waals surface area contributed by atoms with Gasteiger partial charge in [-0.3, -0.25) is 47.9 Å². The Morgan fingerprint density at radius 3 is 1.60 bits per heavy atom. The SMILES string of the molecule is CC(C)C[C@@H]1NC(=O)[C@@H](Cc2ccccc2)NC(=O)[C@H](CCN)NC(=O)[C@@H](NC(=O)[C@H](CCN)NC(=O)[C@@H](NC(=O)[C@H](CCN)NC(=S)Nc2ccccc2)[C@@H](C)O)CCNC(=O)[C@](C)(O)NC(=O)[C@H](CCN)NC(=O)[C@H](CCN)NC1=O. The maximum absolute atomic E-state index is 14.5. The number of rotatable bonds is 23. The van der Waals surface area contributed by atoms with Crippen molar-refractivity contribution in [1.82, 2.24) is 58.5 Å². The Labute approximate surface area is 487 Å². The summed E-state index contributed by atoms with van der Waals surface area (Å²) in [5, 5.41) is 52.9. The Hall–Kier alpha value is -7.45. The van der Waals surface area contributed by atoms with Gasteiger partial charge < -0.3 is 103 Å². The third-order valence-corrected chi connectivity index (χ3v) is 13.2. The lowest BCUT2D eigenvalue weighted by Crippen LogP contribution is -2.63. The lowest BCUT2D eigenvalue weighted by Gasteiger charge is -2.29. The Balaban J connectivity index is 2.06. The number of hydrogen-bond donors (Lipinski definition) is 19. The molecule has 1 heterocycles. The van der Waals surface area contributed by atoms with Gasteiger partial charge in [0.15, 0.2) is 5.11 Å². The van der Waals surface area contributed by atoms with Crippen molar-refractivity contribution >= 4 is 82.1 Å². The topological polar surface area (TPSA) is 486 Å². The largest absolute Gasteiger partial charge is 0.391 e. The second-order valence-electron chi connectivity index (χ2n) is 20.5. The molecule has 11 atom stereocenters. The fourth-order valence-corrected chi connectivity index (χ4v) is 8.76. The quantitative estimate of drug-likeness (QED) is 0.0461. The molecule has 2 aromatic carbocycles. The minimum atomic E-state index is -2.70. The molecule has 29 nitrogen and oxygen atoms in total. The molecule has 0 aromatic heterocycles. The number of para-hydroxylation sites is 1. The number of aliphatic hydroxyl groups excluding tert-OH is 1. The first-order valence-electron chi connectivity index (χ1n) is 27.5. The van der Waals surface area contributed by atoms with Crippen molar-refractivity contribution < 1.29 is 58.2 Å². The number of anilines is 1. The van der Waals surface area contributed by atoms with Gasteiger partial charge in [-0.05, 0) is 127 Å². The summed E-state index contributed by atoms with van der Waals surface area (Å²) >= 11 is 5.39. The Bertz CT molecular complexity index is 2500. The fraction of sp³-hybridized carbons (Fsp3) is 0.566. The highest BCUT2D eigenvalue weighted by atomic mass is 32.1. The van der Waals surface area contributed by atoms with Crippen LogP contribution in [0.4, 0.5) is 5.69 Å². The maximum Gasteiger partial charge on any atom is 0.272 e. The van der Waals surface area contributed by atoms with Gasteiger partial charge in [0, 0.05) is 18.7 Å². The van der Waals surface area contributed by atoms with Crippen molar-refractivity contribution in [3.05, 3.63) is 66.2 Å². The first-order chi connectivity index (χ1) is 39.4. The van der Waals surface area contributed by atoms with Crippen LogP contribution >= 0.6 is 12.2 Å². The number of nitrogens with one attached hydrogen (secondary N) is 12. The Morgan fingerprint density at radius 2 is 1.08 bits per heavy atom. The number of nitrogens with two attached hydrogens (primary N) is 5. The van der Waals surface area contributed by atoms with Gasteiger partial charge in [0.1, 0.15) is 54.4 Å². The molecule has 1 aliphatic heterocycles. The van der Waals surface area contributed by atoms with E-state index in [-0.39, 0.29) is 88.7 Å². The second kappa shape index (κ2) is 35.5. The molecule has 30 heteroatoms. The van der Waals surface area contributed by atoms with Crippen molar-refractivity contribution in [2.24, 2.45) is 34.6 Å². The molecule has 24 N–H and O–H groups in total. The van der Waals surface area contributed by atoms with E-state index in [4.69, 9.17) is 40.9 Å². The molecule has 83 heavy (non-hydrogen) atoms. The van der Waals surface area contributed by atoms with Crippen LogP contribution in [0.25, 0.3) is 0 Å². The average Bonchev–Trinajstić information content (AvgIpc) is 3.61. The van der Waals surface area contributed by atoms with Gasteiger partial charge in [0.2, 0.25) is 58.9 Å². The molecular formula is C53H85N17O12S. The summed E-state index contributed by atoms with van der Waals surface area (Å²) in [6.45, 7) is 4.47. The molecule has 460 valence electrons. The zero-order chi connectivity index (χ0) is 61.8. The Morgan fingerprint density at radius 1 is 0.614 bits per heavy atom. The third-order valence-electron chi connectivity index (χ3n) is 12.9. The predicted octanol–water partition coefficient (Wildman–Crippen LogP) is -6.02.